The molecule has 1 aliphatic heterocycles. The van der Waals surface area contributed by atoms with E-state index in [1.165, 1.54) is 5.69 Å². The molecule has 4 aromatic rings. The highest BCUT2D eigenvalue weighted by molar-refractivity contribution is 6.16. The van der Waals surface area contributed by atoms with Gasteiger partial charge in [0.05, 0.1) is 31.0 Å². The Balaban J connectivity index is 1.59. The Morgan fingerprint density at radius 1 is 0.794 bits per heavy atom. The summed E-state index contributed by atoms with van der Waals surface area (Å²) in [5.74, 6) is 1.19. The summed E-state index contributed by atoms with van der Waals surface area (Å²) < 4.78 is 11.1. The summed E-state index contributed by atoms with van der Waals surface area (Å²) in [6.07, 6.45) is 1.70. The van der Waals surface area contributed by atoms with Crippen LogP contribution in [0, 0.1) is 0 Å². The molecule has 2 heterocycles. The number of benzene rings is 3. The first-order valence-corrected chi connectivity index (χ1v) is 11.4. The number of anilines is 2. The number of piperazine rings is 1. The van der Waals surface area contributed by atoms with Gasteiger partial charge in [-0.05, 0) is 18.2 Å². The van der Waals surface area contributed by atoms with Crippen LogP contribution in [0.2, 0.25) is 0 Å². The van der Waals surface area contributed by atoms with Crippen molar-refractivity contribution in [1.29, 1.82) is 0 Å². The molecule has 0 radical (unpaired) electrons. The highest BCUT2D eigenvalue weighted by Gasteiger charge is 2.26. The minimum atomic E-state index is -0.0368. The minimum Gasteiger partial charge on any atom is -0.493 e. The van der Waals surface area contributed by atoms with E-state index in [-0.39, 0.29) is 5.78 Å². The summed E-state index contributed by atoms with van der Waals surface area (Å²) in [7, 11) is 3.23. The molecule has 3 aromatic carbocycles. The Morgan fingerprint density at radius 3 is 2.03 bits per heavy atom. The van der Waals surface area contributed by atoms with Gasteiger partial charge < -0.3 is 19.3 Å². The third kappa shape index (κ3) is 4.03. The Labute approximate surface area is 199 Å². The Bertz CT molecular complexity index is 1300. The van der Waals surface area contributed by atoms with Crippen molar-refractivity contribution in [1.82, 2.24) is 4.98 Å². The zero-order chi connectivity index (χ0) is 23.5. The van der Waals surface area contributed by atoms with E-state index in [0.717, 1.165) is 42.8 Å². The van der Waals surface area contributed by atoms with Crippen LogP contribution in [0.5, 0.6) is 11.5 Å². The molecule has 6 heteroatoms. The molecule has 172 valence electrons. The number of rotatable bonds is 6. The second-order valence-electron chi connectivity index (χ2n) is 8.25. The monoisotopic (exact) mass is 453 g/mol. The topological polar surface area (TPSA) is 54.9 Å². The van der Waals surface area contributed by atoms with Gasteiger partial charge in [0.15, 0.2) is 17.3 Å². The van der Waals surface area contributed by atoms with Gasteiger partial charge in [0, 0.05) is 55.1 Å². The number of methoxy groups -OCH3 is 2. The van der Waals surface area contributed by atoms with Crippen LogP contribution in [-0.4, -0.2) is 51.2 Å². The number of para-hydroxylation sites is 1. The molecule has 1 fully saturated rings. The number of fused-ring (bicyclic) bond motifs is 1. The second-order valence-corrected chi connectivity index (χ2v) is 8.25. The molecule has 0 bridgehead atoms. The van der Waals surface area contributed by atoms with Crippen molar-refractivity contribution < 1.29 is 14.3 Å². The van der Waals surface area contributed by atoms with Gasteiger partial charge in [0.25, 0.3) is 0 Å². The van der Waals surface area contributed by atoms with E-state index < -0.39 is 0 Å². The largest absolute Gasteiger partial charge is 0.493 e. The van der Waals surface area contributed by atoms with Crippen molar-refractivity contribution in [2.45, 2.75) is 0 Å². The van der Waals surface area contributed by atoms with Crippen molar-refractivity contribution in [2.24, 2.45) is 0 Å². The van der Waals surface area contributed by atoms with Crippen LogP contribution < -0.4 is 19.3 Å². The lowest BCUT2D eigenvalue weighted by atomic mass is 9.99. The lowest BCUT2D eigenvalue weighted by Crippen LogP contribution is -2.47. The van der Waals surface area contributed by atoms with E-state index in [9.17, 15) is 4.79 Å². The van der Waals surface area contributed by atoms with Gasteiger partial charge in [-0.25, -0.2) is 0 Å². The molecule has 1 aromatic heterocycles. The van der Waals surface area contributed by atoms with Crippen LogP contribution >= 0.6 is 0 Å². The average molecular weight is 454 g/mol. The third-order valence-electron chi connectivity index (χ3n) is 6.34. The van der Waals surface area contributed by atoms with Gasteiger partial charge in [0.1, 0.15) is 0 Å². The molecule has 0 spiro atoms. The number of ketones is 1. The van der Waals surface area contributed by atoms with Gasteiger partial charge in [-0.1, -0.05) is 48.5 Å². The summed E-state index contributed by atoms with van der Waals surface area (Å²) in [5, 5.41) is 0.882. The van der Waals surface area contributed by atoms with E-state index >= 15 is 0 Å². The normalized spacial score (nSPS) is 13.7. The van der Waals surface area contributed by atoms with Crippen molar-refractivity contribution in [3.05, 3.63) is 90.1 Å². The van der Waals surface area contributed by atoms with Crippen LogP contribution in [-0.2, 0) is 0 Å². The van der Waals surface area contributed by atoms with E-state index in [0.29, 0.717) is 22.6 Å². The molecule has 6 nitrogen and oxygen atoms in total. The maximum Gasteiger partial charge on any atom is 0.196 e. The lowest BCUT2D eigenvalue weighted by Gasteiger charge is -2.38. The number of hydrogen-bond donors (Lipinski definition) is 0. The maximum absolute atomic E-state index is 13.6. The molecule has 0 N–H and O–H groups in total. The molecule has 1 aliphatic rings. The number of ether oxygens (including phenoxy) is 2. The van der Waals surface area contributed by atoms with E-state index in [1.54, 1.807) is 20.4 Å². The molecule has 0 atom stereocenters. The van der Waals surface area contributed by atoms with Crippen LogP contribution in [0.4, 0.5) is 11.4 Å². The van der Waals surface area contributed by atoms with Crippen LogP contribution in [0.25, 0.3) is 10.9 Å². The van der Waals surface area contributed by atoms with E-state index in [2.05, 4.69) is 39.0 Å². The molecule has 0 aliphatic carbocycles. The molecule has 1 saturated heterocycles. The summed E-state index contributed by atoms with van der Waals surface area (Å²) in [6.45, 7) is 3.30. The van der Waals surface area contributed by atoms with Crippen LogP contribution in [0.3, 0.4) is 0 Å². The average Bonchev–Trinajstić information content (AvgIpc) is 2.92. The van der Waals surface area contributed by atoms with Crippen molar-refractivity contribution in [3.8, 4) is 11.5 Å². The summed E-state index contributed by atoms with van der Waals surface area (Å²) >= 11 is 0. The fourth-order valence-corrected chi connectivity index (χ4v) is 4.58. The fraction of sp³-hybridized carbons (Fsp3) is 0.214. The quantitative estimate of drug-likeness (QED) is 0.391. The molecular weight excluding hydrogens is 426 g/mol. The first-order chi connectivity index (χ1) is 16.7. The predicted molar refractivity (Wildman–Crippen MR) is 136 cm³/mol. The molecule has 5 rings (SSSR count). The standard InChI is InChI=1S/C28H27N3O3/c1-33-25-17-22-24(18-26(25)34-2)29-19-23(28(32)20-9-5-3-6-10-20)27(22)31-15-13-30(14-16-31)21-11-7-4-8-12-21/h3-12,17-19H,13-16H2,1-2H3. The maximum atomic E-state index is 13.6. The smallest absolute Gasteiger partial charge is 0.196 e. The lowest BCUT2D eigenvalue weighted by molar-refractivity contribution is 0.103. The van der Waals surface area contributed by atoms with Gasteiger partial charge >= 0.3 is 0 Å². The zero-order valence-corrected chi connectivity index (χ0v) is 19.4. The number of pyridine rings is 1. The number of hydrogen-bond acceptors (Lipinski definition) is 6. The van der Waals surface area contributed by atoms with Gasteiger partial charge in [-0.3, -0.25) is 9.78 Å². The number of carbonyl (C=O) groups excluding carboxylic acids is 1. The Morgan fingerprint density at radius 2 is 1.38 bits per heavy atom. The Hall–Kier alpha value is -4.06. The van der Waals surface area contributed by atoms with Gasteiger partial charge in [-0.15, -0.1) is 0 Å². The summed E-state index contributed by atoms with van der Waals surface area (Å²) in [5.41, 5.74) is 4.12. The first kappa shape index (κ1) is 21.8. The number of aromatic nitrogens is 1. The molecule has 0 saturated carbocycles. The van der Waals surface area contributed by atoms with Crippen molar-refractivity contribution in [3.63, 3.8) is 0 Å². The third-order valence-corrected chi connectivity index (χ3v) is 6.34. The zero-order valence-electron chi connectivity index (χ0n) is 19.4. The Kier molecular flexibility index (Phi) is 6.04. The van der Waals surface area contributed by atoms with Gasteiger partial charge in [0.2, 0.25) is 0 Å². The predicted octanol–water partition coefficient (Wildman–Crippen LogP) is 4.81. The summed E-state index contributed by atoms with van der Waals surface area (Å²) in [6, 6.07) is 23.6. The second kappa shape index (κ2) is 9.43. The number of carbonyl (C=O) groups is 1. The molecular formula is C28H27N3O3. The fourth-order valence-electron chi connectivity index (χ4n) is 4.58. The molecule has 34 heavy (non-hydrogen) atoms. The summed E-state index contributed by atoms with van der Waals surface area (Å²) in [4.78, 5) is 22.9. The van der Waals surface area contributed by atoms with Gasteiger partial charge in [-0.2, -0.15) is 0 Å². The van der Waals surface area contributed by atoms with Crippen LogP contribution in [0.15, 0.2) is 79.0 Å². The molecule has 0 amide bonds. The van der Waals surface area contributed by atoms with E-state index in [4.69, 9.17) is 9.47 Å². The minimum absolute atomic E-state index is 0.0368. The number of nitrogens with zero attached hydrogens (tertiary/aromatic N) is 3. The van der Waals surface area contributed by atoms with Crippen molar-refractivity contribution in [2.75, 3.05) is 50.2 Å². The highest BCUT2D eigenvalue weighted by atomic mass is 16.5. The van der Waals surface area contributed by atoms with Crippen molar-refractivity contribution >= 4 is 28.1 Å². The first-order valence-electron chi connectivity index (χ1n) is 11.4. The molecule has 0 unspecified atom stereocenters. The SMILES string of the molecule is COc1cc2ncc(C(=O)c3ccccc3)c(N3CCN(c4ccccc4)CC3)c2cc1OC. The highest BCUT2D eigenvalue weighted by Crippen LogP contribution is 2.38. The van der Waals surface area contributed by atoms with E-state index in [1.807, 2.05) is 48.5 Å². The van der Waals surface area contributed by atoms with Crippen LogP contribution in [0.1, 0.15) is 15.9 Å².